The van der Waals surface area contributed by atoms with Gasteiger partial charge in [-0.1, -0.05) is 0 Å². The molecule has 0 radical (unpaired) electrons. The van der Waals surface area contributed by atoms with Crippen molar-refractivity contribution in [1.82, 2.24) is 0 Å². The molecule has 4 rings (SSSR count). The van der Waals surface area contributed by atoms with Crippen LogP contribution < -0.4 is 14.2 Å². The summed E-state index contributed by atoms with van der Waals surface area (Å²) in [5.41, 5.74) is 0.500. The van der Waals surface area contributed by atoms with Crippen LogP contribution in [0, 0.1) is 28.6 Å². The van der Waals surface area contributed by atoms with Crippen LogP contribution in [0.2, 0.25) is 0 Å². The number of rotatable bonds is 7. The lowest BCUT2D eigenvalue weighted by atomic mass is 10.2. The Morgan fingerprint density at radius 2 is 0.889 bits per heavy atom. The summed E-state index contributed by atoms with van der Waals surface area (Å²) in [5.74, 6) is -2.46. The molecule has 1 N–H and O–H groups in total. The fourth-order valence-corrected chi connectivity index (χ4v) is 12.3. The number of halogens is 8. The van der Waals surface area contributed by atoms with E-state index in [2.05, 4.69) is 90.4 Å². The maximum absolute atomic E-state index is 13.3. The lowest BCUT2D eigenvalue weighted by Gasteiger charge is -2.13. The summed E-state index contributed by atoms with van der Waals surface area (Å²) in [6.07, 6.45) is 0. The Morgan fingerprint density at radius 1 is 0.511 bits per heavy atom. The number of hydrogen-bond donors (Lipinski definition) is 1. The van der Waals surface area contributed by atoms with Crippen LogP contribution in [0.4, 0.5) is 0 Å². The van der Waals surface area contributed by atoms with Crippen LogP contribution in [0.5, 0.6) is 17.2 Å². The molecule has 0 fully saturated rings. The van der Waals surface area contributed by atoms with Gasteiger partial charge in [0.25, 0.3) is 10.1 Å². The molecule has 4 aromatic rings. The van der Waals surface area contributed by atoms with E-state index >= 15 is 0 Å². The smallest absolute Gasteiger partial charge is 0.344 e. The second-order valence-corrected chi connectivity index (χ2v) is 19.2. The van der Waals surface area contributed by atoms with Crippen LogP contribution in [0.15, 0.2) is 59.5 Å². The third-order valence-corrected chi connectivity index (χ3v) is 16.1. The van der Waals surface area contributed by atoms with Crippen molar-refractivity contribution in [2.45, 2.75) is 4.90 Å². The summed E-state index contributed by atoms with van der Waals surface area (Å²) in [6, 6.07) is 13.6. The molecule has 0 aliphatic carbocycles. The Morgan fingerprint density at radius 3 is 1.29 bits per heavy atom. The van der Waals surface area contributed by atoms with Gasteiger partial charge in [0.15, 0.2) is 0 Å². The van der Waals surface area contributed by atoms with E-state index < -0.39 is 28.0 Å². The van der Waals surface area contributed by atoms with Gasteiger partial charge in [-0.05, 0) is 229 Å². The summed E-state index contributed by atoms with van der Waals surface area (Å²) < 4.78 is 54.9. The van der Waals surface area contributed by atoms with Gasteiger partial charge in [-0.2, -0.15) is 8.42 Å². The van der Waals surface area contributed by atoms with Crippen molar-refractivity contribution in [3.05, 3.63) is 99.8 Å². The number of ether oxygens (including phenoxy) is 3. The third kappa shape index (κ3) is 10.1. The predicted octanol–water partition coefficient (Wildman–Crippen LogP) is 9.43. The first-order valence-electron chi connectivity index (χ1n) is 11.5. The number of carbonyl (C=O) groups is 3. The molecule has 9 nitrogen and oxygen atoms in total. The highest BCUT2D eigenvalue weighted by Gasteiger charge is 2.23. The van der Waals surface area contributed by atoms with Gasteiger partial charge in [0.2, 0.25) is 0 Å². The molecule has 0 aromatic heterocycles. The Hall–Kier alpha value is 1.04. The summed E-state index contributed by atoms with van der Waals surface area (Å²) >= 11 is 15.9. The molecular weight excluding hydrogens is 1520 g/mol. The van der Waals surface area contributed by atoms with Crippen LogP contribution in [0.3, 0.4) is 0 Å². The first-order chi connectivity index (χ1) is 20.9. The molecule has 0 amide bonds. The average Bonchev–Trinajstić information content (AvgIpc) is 2.91. The maximum atomic E-state index is 13.3. The minimum atomic E-state index is -4.51. The van der Waals surface area contributed by atoms with Gasteiger partial charge in [-0.25, -0.2) is 14.4 Å². The fourth-order valence-electron chi connectivity index (χ4n) is 3.55. The highest BCUT2D eigenvalue weighted by molar-refractivity contribution is 14.1. The quantitative estimate of drug-likeness (QED) is 0.0632. The molecule has 0 unspecified atom stereocenters. The van der Waals surface area contributed by atoms with Gasteiger partial charge >= 0.3 is 17.9 Å². The highest BCUT2D eigenvalue weighted by atomic mass is 127. The first kappa shape index (κ1) is 38.8. The largest absolute Gasteiger partial charge is 0.423 e. The van der Waals surface area contributed by atoms with Crippen LogP contribution in [-0.4, -0.2) is 30.9 Å². The molecule has 0 spiro atoms. The average molecular weight is 1530 g/mol. The zero-order valence-electron chi connectivity index (χ0n) is 21.3. The zero-order chi connectivity index (χ0) is 33.4. The third-order valence-electron chi connectivity index (χ3n) is 5.40. The summed E-state index contributed by atoms with van der Waals surface area (Å²) in [7, 11) is -4.51. The Balaban J connectivity index is 1.73. The number of carbonyl (C=O) groups excluding carboxylic acids is 3. The van der Waals surface area contributed by atoms with Crippen molar-refractivity contribution < 1.29 is 41.6 Å². The van der Waals surface area contributed by atoms with E-state index in [0.29, 0.717) is 18.3 Å². The molecule has 0 saturated carbocycles. The Bertz CT molecular complexity index is 1900. The molecule has 45 heavy (non-hydrogen) atoms. The maximum Gasteiger partial charge on any atom is 0.344 e. The van der Waals surface area contributed by atoms with E-state index in [1.807, 2.05) is 57.3 Å². The highest BCUT2D eigenvalue weighted by Crippen LogP contribution is 2.32. The first-order valence-corrected chi connectivity index (χ1v) is 21.6. The van der Waals surface area contributed by atoms with Crippen molar-refractivity contribution in [2.75, 3.05) is 0 Å². The van der Waals surface area contributed by atoms with Crippen molar-refractivity contribution in [1.29, 1.82) is 0 Å². The molecule has 0 bridgehead atoms. The van der Waals surface area contributed by atoms with Crippen LogP contribution >= 0.6 is 181 Å². The molecular formula is C27H10I8O9S. The molecule has 0 aliphatic heterocycles. The topological polar surface area (TPSA) is 133 Å². The molecule has 0 atom stereocenters. The molecule has 0 saturated heterocycles. The zero-order valence-corrected chi connectivity index (χ0v) is 39.4. The summed E-state index contributed by atoms with van der Waals surface area (Å²) in [6.45, 7) is 0. The molecule has 18 heteroatoms. The minimum Gasteiger partial charge on any atom is -0.423 e. The lowest BCUT2D eigenvalue weighted by Crippen LogP contribution is -2.15. The molecule has 4 aromatic carbocycles. The predicted molar refractivity (Wildman–Crippen MR) is 232 cm³/mol. The van der Waals surface area contributed by atoms with Gasteiger partial charge in [0.05, 0.1) is 16.7 Å². The number of benzene rings is 4. The van der Waals surface area contributed by atoms with E-state index in [-0.39, 0.29) is 34.8 Å². The van der Waals surface area contributed by atoms with E-state index in [1.54, 1.807) is 57.3 Å². The van der Waals surface area contributed by atoms with Gasteiger partial charge in [-0.15, -0.1) is 0 Å². The normalized spacial score (nSPS) is 11.2. The lowest BCUT2D eigenvalue weighted by molar-refractivity contribution is 0.0704. The van der Waals surface area contributed by atoms with Crippen LogP contribution in [0.1, 0.15) is 31.1 Å². The molecule has 0 heterocycles. The number of esters is 3. The number of hydrogen-bond acceptors (Lipinski definition) is 8. The fraction of sp³-hybridized carbons (Fsp3) is 0. The van der Waals surface area contributed by atoms with E-state index in [4.69, 9.17) is 14.2 Å². The van der Waals surface area contributed by atoms with Gasteiger partial charge in [0, 0.05) is 34.6 Å². The van der Waals surface area contributed by atoms with Gasteiger partial charge in [0.1, 0.15) is 22.1 Å². The van der Waals surface area contributed by atoms with Gasteiger partial charge < -0.3 is 14.2 Å². The van der Waals surface area contributed by atoms with E-state index in [1.165, 1.54) is 30.3 Å². The second kappa shape index (κ2) is 16.4. The van der Waals surface area contributed by atoms with Crippen LogP contribution in [0.25, 0.3) is 0 Å². The van der Waals surface area contributed by atoms with E-state index in [9.17, 15) is 27.4 Å². The standard InChI is InChI=1S/C27H10I8O9S/c28-11-3-16(22(34)18(30)5-11)26(37)43-13-1-10(25(36)42-15-8-20(32)24(21(33)9-15)45(39,40)41)2-14(7-13)44-27(38)17-4-12(29)6-19(31)23(17)35/h1-9H,(H,39,40,41). The van der Waals surface area contributed by atoms with Crippen LogP contribution in [-0.2, 0) is 10.1 Å². The summed E-state index contributed by atoms with van der Waals surface area (Å²) in [4.78, 5) is 39.5. The van der Waals surface area contributed by atoms with Gasteiger partial charge in [-0.3, -0.25) is 4.55 Å². The Kier molecular flexibility index (Phi) is 14.1. The Labute approximate surface area is 365 Å². The second-order valence-electron chi connectivity index (χ2n) is 8.55. The minimum absolute atomic E-state index is 0.00637. The van der Waals surface area contributed by atoms with E-state index in [0.717, 1.165) is 14.3 Å². The van der Waals surface area contributed by atoms with Crippen molar-refractivity contribution in [3.8, 4) is 17.2 Å². The summed E-state index contributed by atoms with van der Waals surface area (Å²) in [5, 5.41) is 0. The SMILES string of the molecule is O=C(Oc1cc(I)c(S(=O)(=O)O)c(I)c1)c1cc(OC(=O)c2cc(I)cc(I)c2I)cc(OC(=O)c2cc(I)cc(I)c2I)c1. The molecule has 234 valence electrons. The molecule has 0 aliphatic rings. The van der Waals surface area contributed by atoms with Crippen molar-refractivity contribution in [2.24, 2.45) is 0 Å². The van der Waals surface area contributed by atoms with Crippen molar-refractivity contribution in [3.63, 3.8) is 0 Å². The van der Waals surface area contributed by atoms with Crippen molar-refractivity contribution >= 4 is 209 Å². The monoisotopic (exact) mass is 1530 g/mol.